The van der Waals surface area contributed by atoms with Gasteiger partial charge in [0.25, 0.3) is 0 Å². The number of hydrogen-bond acceptors (Lipinski definition) is 4. The van der Waals surface area contributed by atoms with Crippen molar-refractivity contribution in [1.29, 1.82) is 0 Å². The lowest BCUT2D eigenvalue weighted by atomic mass is 9.85. The molecular weight excluding hydrogens is 262 g/mol. The Balaban J connectivity index is 2.34. The smallest absolute Gasteiger partial charge is 0.182 e. The van der Waals surface area contributed by atoms with Gasteiger partial charge in [0, 0.05) is 17.8 Å². The van der Waals surface area contributed by atoms with Crippen LogP contribution in [0.2, 0.25) is 0 Å². The number of anilines is 1. The third-order valence-corrected chi connectivity index (χ3v) is 4.12. The van der Waals surface area contributed by atoms with Crippen LogP contribution in [0.4, 0.5) is 5.69 Å². The summed E-state index contributed by atoms with van der Waals surface area (Å²) in [6, 6.07) is 5.84. The molecule has 0 aliphatic heterocycles. The molecule has 0 saturated carbocycles. The number of hydrogen-bond donors (Lipinski definition) is 1. The average molecular weight is 287 g/mol. The van der Waals surface area contributed by atoms with Crippen molar-refractivity contribution in [1.82, 2.24) is 20.2 Å². The molecule has 0 fully saturated rings. The fraction of sp³-hybridized carbons (Fsp3) is 0.562. The van der Waals surface area contributed by atoms with Crippen LogP contribution in [0.1, 0.15) is 33.3 Å². The first-order valence-corrected chi connectivity index (χ1v) is 7.52. The SMILES string of the molecule is Cc1cc(N)ccc1-c1nnnn1CC(C(C)C)C(C)C. The molecule has 21 heavy (non-hydrogen) atoms. The van der Waals surface area contributed by atoms with E-state index < -0.39 is 0 Å². The molecular formula is C16H25N5. The maximum atomic E-state index is 5.82. The van der Waals surface area contributed by atoms with E-state index in [-0.39, 0.29) is 0 Å². The third-order valence-electron chi connectivity index (χ3n) is 4.12. The topological polar surface area (TPSA) is 69.6 Å². The van der Waals surface area contributed by atoms with Gasteiger partial charge in [-0.3, -0.25) is 0 Å². The van der Waals surface area contributed by atoms with Gasteiger partial charge in [-0.25, -0.2) is 4.68 Å². The number of aryl methyl sites for hydroxylation is 1. The molecule has 0 saturated heterocycles. The lowest BCUT2D eigenvalue weighted by Gasteiger charge is -2.24. The standard InChI is InChI=1S/C16H25N5/c1-10(2)15(11(3)4)9-21-16(18-19-20-21)14-7-6-13(17)8-12(14)5/h6-8,10-11,15H,9,17H2,1-5H3. The second kappa shape index (κ2) is 6.24. The Morgan fingerprint density at radius 1 is 1.14 bits per heavy atom. The Morgan fingerprint density at radius 3 is 2.38 bits per heavy atom. The summed E-state index contributed by atoms with van der Waals surface area (Å²) in [6.45, 7) is 11.9. The van der Waals surface area contributed by atoms with Crippen LogP contribution in [0.5, 0.6) is 0 Å². The Kier molecular flexibility index (Phi) is 4.60. The maximum absolute atomic E-state index is 5.82. The van der Waals surface area contributed by atoms with Gasteiger partial charge in [-0.05, 0) is 58.9 Å². The lowest BCUT2D eigenvalue weighted by molar-refractivity contribution is 0.242. The molecule has 0 unspecified atom stereocenters. The van der Waals surface area contributed by atoms with Crippen molar-refractivity contribution in [2.45, 2.75) is 41.2 Å². The summed E-state index contributed by atoms with van der Waals surface area (Å²) in [5, 5.41) is 12.3. The summed E-state index contributed by atoms with van der Waals surface area (Å²) >= 11 is 0. The van der Waals surface area contributed by atoms with Gasteiger partial charge in [0.1, 0.15) is 0 Å². The summed E-state index contributed by atoms with van der Waals surface area (Å²) in [7, 11) is 0. The van der Waals surface area contributed by atoms with Gasteiger partial charge in [-0.2, -0.15) is 0 Å². The molecule has 0 atom stereocenters. The van der Waals surface area contributed by atoms with E-state index in [0.29, 0.717) is 17.8 Å². The van der Waals surface area contributed by atoms with Crippen LogP contribution in [0.3, 0.4) is 0 Å². The number of tetrazole rings is 1. The van der Waals surface area contributed by atoms with Crippen LogP contribution >= 0.6 is 0 Å². The van der Waals surface area contributed by atoms with Crippen LogP contribution in [0.25, 0.3) is 11.4 Å². The van der Waals surface area contributed by atoms with Crippen molar-refractivity contribution in [3.63, 3.8) is 0 Å². The fourth-order valence-corrected chi connectivity index (χ4v) is 2.85. The predicted molar refractivity (Wildman–Crippen MR) is 85.6 cm³/mol. The summed E-state index contributed by atoms with van der Waals surface area (Å²) in [5.41, 5.74) is 8.72. The highest BCUT2D eigenvalue weighted by molar-refractivity contribution is 5.63. The minimum Gasteiger partial charge on any atom is -0.399 e. The summed E-state index contributed by atoms with van der Waals surface area (Å²) in [6.07, 6.45) is 0. The molecule has 1 aromatic carbocycles. The van der Waals surface area contributed by atoms with Crippen molar-refractivity contribution < 1.29 is 0 Å². The quantitative estimate of drug-likeness (QED) is 0.858. The van der Waals surface area contributed by atoms with Crippen LogP contribution in [-0.4, -0.2) is 20.2 Å². The van der Waals surface area contributed by atoms with E-state index in [2.05, 4.69) is 43.2 Å². The van der Waals surface area contributed by atoms with Gasteiger partial charge < -0.3 is 5.73 Å². The summed E-state index contributed by atoms with van der Waals surface area (Å²) in [5.74, 6) is 2.55. The molecule has 0 bridgehead atoms. The highest BCUT2D eigenvalue weighted by Gasteiger charge is 2.21. The number of aromatic nitrogens is 4. The van der Waals surface area contributed by atoms with Gasteiger partial charge in [-0.1, -0.05) is 27.7 Å². The molecule has 5 heteroatoms. The van der Waals surface area contributed by atoms with Crippen molar-refractivity contribution in [3.05, 3.63) is 23.8 Å². The van der Waals surface area contributed by atoms with Gasteiger partial charge in [0.05, 0.1) is 0 Å². The van der Waals surface area contributed by atoms with E-state index in [1.165, 1.54) is 0 Å². The monoisotopic (exact) mass is 287 g/mol. The minimum atomic E-state index is 0.543. The molecule has 2 rings (SSSR count). The van der Waals surface area contributed by atoms with Crippen LogP contribution in [-0.2, 0) is 6.54 Å². The first kappa shape index (κ1) is 15.5. The Bertz CT molecular complexity index is 592. The lowest BCUT2D eigenvalue weighted by Crippen LogP contribution is -2.23. The first-order valence-electron chi connectivity index (χ1n) is 7.52. The minimum absolute atomic E-state index is 0.543. The first-order chi connectivity index (χ1) is 9.90. The molecule has 0 amide bonds. The molecule has 1 aromatic heterocycles. The number of nitrogens with two attached hydrogens (primary N) is 1. The van der Waals surface area contributed by atoms with E-state index in [1.54, 1.807) is 0 Å². The normalized spacial score (nSPS) is 11.8. The van der Waals surface area contributed by atoms with E-state index in [9.17, 15) is 0 Å². The van der Waals surface area contributed by atoms with E-state index >= 15 is 0 Å². The molecule has 2 N–H and O–H groups in total. The largest absolute Gasteiger partial charge is 0.399 e. The number of benzene rings is 1. The maximum Gasteiger partial charge on any atom is 0.182 e. The predicted octanol–water partition coefficient (Wildman–Crippen LogP) is 3.16. The van der Waals surface area contributed by atoms with Crippen LogP contribution < -0.4 is 5.73 Å². The van der Waals surface area contributed by atoms with Crippen molar-refractivity contribution in [2.24, 2.45) is 17.8 Å². The summed E-state index contributed by atoms with van der Waals surface area (Å²) in [4.78, 5) is 0. The molecule has 0 radical (unpaired) electrons. The molecule has 0 aliphatic rings. The molecule has 0 aliphatic carbocycles. The zero-order valence-electron chi connectivity index (χ0n) is 13.5. The van der Waals surface area contributed by atoms with Crippen LogP contribution in [0, 0.1) is 24.7 Å². The van der Waals surface area contributed by atoms with Gasteiger partial charge >= 0.3 is 0 Å². The van der Waals surface area contributed by atoms with Gasteiger partial charge in [0.2, 0.25) is 0 Å². The fourth-order valence-electron chi connectivity index (χ4n) is 2.85. The highest BCUT2D eigenvalue weighted by atomic mass is 15.5. The third kappa shape index (κ3) is 3.40. The summed E-state index contributed by atoms with van der Waals surface area (Å²) < 4.78 is 1.92. The zero-order valence-corrected chi connectivity index (χ0v) is 13.5. The second-order valence-corrected chi connectivity index (χ2v) is 6.41. The molecule has 0 spiro atoms. The van der Waals surface area contributed by atoms with Crippen LogP contribution in [0.15, 0.2) is 18.2 Å². The van der Waals surface area contributed by atoms with Crippen molar-refractivity contribution >= 4 is 5.69 Å². The molecule has 114 valence electrons. The van der Waals surface area contributed by atoms with E-state index in [1.807, 2.05) is 29.8 Å². The zero-order chi connectivity index (χ0) is 15.6. The Hall–Kier alpha value is -1.91. The second-order valence-electron chi connectivity index (χ2n) is 6.41. The van der Waals surface area contributed by atoms with E-state index in [4.69, 9.17) is 5.73 Å². The molecule has 1 heterocycles. The number of nitrogens with zero attached hydrogens (tertiary/aromatic N) is 4. The van der Waals surface area contributed by atoms with Gasteiger partial charge in [0.15, 0.2) is 5.82 Å². The Labute approximate surface area is 126 Å². The number of nitrogen functional groups attached to an aromatic ring is 1. The van der Waals surface area contributed by atoms with Crippen molar-refractivity contribution in [2.75, 3.05) is 5.73 Å². The number of rotatable bonds is 5. The van der Waals surface area contributed by atoms with Gasteiger partial charge in [-0.15, -0.1) is 5.10 Å². The average Bonchev–Trinajstić information content (AvgIpc) is 2.83. The van der Waals surface area contributed by atoms with E-state index in [0.717, 1.165) is 29.2 Å². The molecule has 2 aromatic rings. The Morgan fingerprint density at radius 2 is 1.81 bits per heavy atom. The van der Waals surface area contributed by atoms with Crippen molar-refractivity contribution in [3.8, 4) is 11.4 Å². The highest BCUT2D eigenvalue weighted by Crippen LogP contribution is 2.26. The molecule has 5 nitrogen and oxygen atoms in total.